The normalized spacial score (nSPS) is 14.4. The lowest BCUT2D eigenvalue weighted by Gasteiger charge is -2.16. The Kier molecular flexibility index (Phi) is 5.14. The lowest BCUT2D eigenvalue weighted by molar-refractivity contribution is -0.144. The number of ether oxygens (including phenoxy) is 1. The Morgan fingerprint density at radius 2 is 1.52 bits per heavy atom. The number of hydrogen-bond donors (Lipinski definition) is 0. The zero-order valence-electron chi connectivity index (χ0n) is 13.4. The van der Waals surface area contributed by atoms with E-state index < -0.39 is 11.3 Å². The molecule has 2 amide bonds. The standard InChI is InChI=1S/C19H16ClNO4/c20-16(19(24)25-12-13-6-2-1-3-7-13)10-11-21-17(22)14-8-4-5-9-15(14)18(21)23/h1-9,16H,10-12H2. The second-order valence-electron chi connectivity index (χ2n) is 5.66. The Balaban J connectivity index is 1.52. The molecule has 1 unspecified atom stereocenters. The topological polar surface area (TPSA) is 63.7 Å². The predicted octanol–water partition coefficient (Wildman–Crippen LogP) is 3.02. The summed E-state index contributed by atoms with van der Waals surface area (Å²) in [7, 11) is 0. The molecule has 0 bridgehead atoms. The third kappa shape index (κ3) is 3.72. The first-order chi connectivity index (χ1) is 12.1. The Morgan fingerprint density at radius 1 is 0.960 bits per heavy atom. The van der Waals surface area contributed by atoms with Gasteiger partial charge in [-0.15, -0.1) is 11.6 Å². The van der Waals surface area contributed by atoms with Gasteiger partial charge in [0, 0.05) is 6.54 Å². The smallest absolute Gasteiger partial charge is 0.324 e. The minimum atomic E-state index is -0.923. The van der Waals surface area contributed by atoms with Gasteiger partial charge in [0.1, 0.15) is 12.0 Å². The monoisotopic (exact) mass is 357 g/mol. The van der Waals surface area contributed by atoms with Crippen LogP contribution in [0.2, 0.25) is 0 Å². The number of imide groups is 1. The van der Waals surface area contributed by atoms with E-state index in [1.165, 1.54) is 0 Å². The van der Waals surface area contributed by atoms with E-state index in [1.54, 1.807) is 24.3 Å². The fourth-order valence-corrected chi connectivity index (χ4v) is 2.78. The number of alkyl halides is 1. The minimum Gasteiger partial charge on any atom is -0.460 e. The van der Waals surface area contributed by atoms with E-state index in [2.05, 4.69) is 0 Å². The molecule has 0 spiro atoms. The quantitative estimate of drug-likeness (QED) is 0.453. The molecule has 5 nitrogen and oxygen atoms in total. The first-order valence-corrected chi connectivity index (χ1v) is 8.31. The highest BCUT2D eigenvalue weighted by molar-refractivity contribution is 6.30. The third-order valence-corrected chi connectivity index (χ3v) is 4.36. The van der Waals surface area contributed by atoms with E-state index in [-0.39, 0.29) is 31.4 Å². The first-order valence-electron chi connectivity index (χ1n) is 7.88. The van der Waals surface area contributed by atoms with Crippen LogP contribution in [0.3, 0.4) is 0 Å². The molecule has 0 aliphatic carbocycles. The minimum absolute atomic E-state index is 0.0704. The van der Waals surface area contributed by atoms with Gasteiger partial charge in [-0.3, -0.25) is 19.3 Å². The van der Waals surface area contributed by atoms with E-state index in [4.69, 9.17) is 16.3 Å². The Hall–Kier alpha value is -2.66. The number of hydrogen-bond acceptors (Lipinski definition) is 4. The molecular weight excluding hydrogens is 342 g/mol. The summed E-state index contributed by atoms with van der Waals surface area (Å²) in [6.07, 6.45) is 0.140. The van der Waals surface area contributed by atoms with Gasteiger partial charge in [-0.25, -0.2) is 0 Å². The highest BCUT2D eigenvalue weighted by Gasteiger charge is 2.35. The van der Waals surface area contributed by atoms with Crippen LogP contribution in [-0.2, 0) is 16.1 Å². The van der Waals surface area contributed by atoms with Crippen LogP contribution in [0.15, 0.2) is 54.6 Å². The van der Waals surface area contributed by atoms with Gasteiger partial charge < -0.3 is 4.74 Å². The van der Waals surface area contributed by atoms with Crippen LogP contribution < -0.4 is 0 Å². The van der Waals surface area contributed by atoms with Gasteiger partial charge in [-0.2, -0.15) is 0 Å². The average molecular weight is 358 g/mol. The molecule has 1 aliphatic rings. The summed E-state index contributed by atoms with van der Waals surface area (Å²) < 4.78 is 5.16. The molecule has 2 aromatic carbocycles. The summed E-state index contributed by atoms with van der Waals surface area (Å²) in [4.78, 5) is 37.6. The van der Waals surface area contributed by atoms with Crippen molar-refractivity contribution in [3.8, 4) is 0 Å². The zero-order valence-corrected chi connectivity index (χ0v) is 14.1. The molecule has 0 fully saturated rings. The largest absolute Gasteiger partial charge is 0.460 e. The maximum Gasteiger partial charge on any atom is 0.324 e. The average Bonchev–Trinajstić information content (AvgIpc) is 2.89. The van der Waals surface area contributed by atoms with Crippen LogP contribution in [0, 0.1) is 0 Å². The molecule has 3 rings (SSSR count). The van der Waals surface area contributed by atoms with Crippen molar-refractivity contribution in [1.29, 1.82) is 0 Å². The van der Waals surface area contributed by atoms with Crippen molar-refractivity contribution in [1.82, 2.24) is 4.90 Å². The van der Waals surface area contributed by atoms with Gasteiger partial charge in [0.15, 0.2) is 0 Å². The van der Waals surface area contributed by atoms with Crippen LogP contribution in [0.25, 0.3) is 0 Å². The molecule has 1 aliphatic heterocycles. The number of esters is 1. The van der Waals surface area contributed by atoms with Crippen molar-refractivity contribution < 1.29 is 19.1 Å². The number of rotatable bonds is 6. The van der Waals surface area contributed by atoms with Crippen molar-refractivity contribution in [3.63, 3.8) is 0 Å². The SMILES string of the molecule is O=C(OCc1ccccc1)C(Cl)CCN1C(=O)c2ccccc2C1=O. The molecule has 1 heterocycles. The molecule has 2 aromatic rings. The summed E-state index contributed by atoms with van der Waals surface area (Å²) in [6, 6.07) is 15.9. The maximum absolute atomic E-state index is 12.2. The fraction of sp³-hybridized carbons (Fsp3) is 0.211. The number of nitrogens with zero attached hydrogens (tertiary/aromatic N) is 1. The van der Waals surface area contributed by atoms with E-state index in [1.807, 2.05) is 30.3 Å². The van der Waals surface area contributed by atoms with Gasteiger partial charge in [0.25, 0.3) is 11.8 Å². The van der Waals surface area contributed by atoms with Crippen LogP contribution in [0.5, 0.6) is 0 Å². The Morgan fingerprint density at radius 3 is 2.12 bits per heavy atom. The lowest BCUT2D eigenvalue weighted by Crippen LogP contribution is -2.33. The van der Waals surface area contributed by atoms with Crippen LogP contribution in [0.4, 0.5) is 0 Å². The molecule has 0 N–H and O–H groups in total. The number of fused-ring (bicyclic) bond motifs is 1. The third-order valence-electron chi connectivity index (χ3n) is 3.96. The summed E-state index contributed by atoms with van der Waals surface area (Å²) in [5, 5.41) is -0.923. The summed E-state index contributed by atoms with van der Waals surface area (Å²) in [5.74, 6) is -1.29. The summed E-state index contributed by atoms with van der Waals surface area (Å²) >= 11 is 6.06. The highest BCUT2D eigenvalue weighted by Crippen LogP contribution is 2.23. The van der Waals surface area contributed by atoms with E-state index >= 15 is 0 Å². The van der Waals surface area contributed by atoms with Crippen molar-refractivity contribution >= 4 is 29.4 Å². The molecule has 0 radical (unpaired) electrons. The van der Waals surface area contributed by atoms with Gasteiger partial charge in [-0.05, 0) is 24.1 Å². The van der Waals surface area contributed by atoms with Crippen molar-refractivity contribution in [2.75, 3.05) is 6.54 Å². The lowest BCUT2D eigenvalue weighted by atomic mass is 10.1. The molecule has 128 valence electrons. The number of carbonyl (C=O) groups is 3. The summed E-state index contributed by atoms with van der Waals surface area (Å²) in [5.41, 5.74) is 1.62. The van der Waals surface area contributed by atoms with Gasteiger partial charge in [-0.1, -0.05) is 42.5 Å². The van der Waals surface area contributed by atoms with Gasteiger partial charge >= 0.3 is 5.97 Å². The van der Waals surface area contributed by atoms with Crippen LogP contribution in [-0.4, -0.2) is 34.6 Å². The highest BCUT2D eigenvalue weighted by atomic mass is 35.5. The maximum atomic E-state index is 12.2. The number of halogens is 1. The predicted molar refractivity (Wildman–Crippen MR) is 92.3 cm³/mol. The second-order valence-corrected chi connectivity index (χ2v) is 6.18. The first kappa shape index (κ1) is 17.2. The Labute approximate surface area is 150 Å². The fourth-order valence-electron chi connectivity index (χ4n) is 2.62. The van der Waals surface area contributed by atoms with Crippen LogP contribution in [0.1, 0.15) is 32.7 Å². The molecule has 0 saturated carbocycles. The van der Waals surface area contributed by atoms with Crippen molar-refractivity contribution in [2.24, 2.45) is 0 Å². The van der Waals surface area contributed by atoms with Crippen molar-refractivity contribution in [2.45, 2.75) is 18.4 Å². The second kappa shape index (κ2) is 7.49. The number of amides is 2. The van der Waals surface area contributed by atoms with Crippen LogP contribution >= 0.6 is 11.6 Å². The Bertz CT molecular complexity index is 771. The number of benzene rings is 2. The zero-order chi connectivity index (χ0) is 17.8. The van der Waals surface area contributed by atoms with E-state index in [0.29, 0.717) is 11.1 Å². The van der Waals surface area contributed by atoms with Gasteiger partial charge in [0.2, 0.25) is 0 Å². The van der Waals surface area contributed by atoms with E-state index in [9.17, 15) is 14.4 Å². The number of carbonyl (C=O) groups excluding carboxylic acids is 3. The molecule has 1 atom stereocenters. The van der Waals surface area contributed by atoms with Crippen molar-refractivity contribution in [3.05, 3.63) is 71.3 Å². The molecular formula is C19H16ClNO4. The molecule has 6 heteroatoms. The molecule has 0 saturated heterocycles. The summed E-state index contributed by atoms with van der Waals surface area (Å²) in [6.45, 7) is 0.205. The molecule has 0 aromatic heterocycles. The molecule has 25 heavy (non-hydrogen) atoms. The van der Waals surface area contributed by atoms with E-state index in [0.717, 1.165) is 10.5 Å². The van der Waals surface area contributed by atoms with Gasteiger partial charge in [0.05, 0.1) is 11.1 Å².